The maximum Gasteiger partial charge on any atom is 0.274 e. The van der Waals surface area contributed by atoms with E-state index < -0.39 is 0 Å². The second-order valence-electron chi connectivity index (χ2n) is 6.76. The summed E-state index contributed by atoms with van der Waals surface area (Å²) in [6.07, 6.45) is 2.00. The van der Waals surface area contributed by atoms with Crippen molar-refractivity contribution >= 4 is 5.91 Å². The Hall–Kier alpha value is -2.61. The largest absolute Gasteiger partial charge is 0.454 e. The maximum atomic E-state index is 12.7. The van der Waals surface area contributed by atoms with Gasteiger partial charge in [0.15, 0.2) is 17.2 Å². The number of piperidine rings is 1. The maximum absolute atomic E-state index is 12.7. The van der Waals surface area contributed by atoms with Crippen molar-refractivity contribution in [2.45, 2.75) is 38.8 Å². The number of fused-ring (bicyclic) bond motifs is 1. The van der Waals surface area contributed by atoms with Crippen molar-refractivity contribution in [3.63, 3.8) is 0 Å². The standard InChI is InChI=1S/C18H23N5O3/c1-11(13-3-4-15-16(9-13)26-10-25-15)20-18(24)17-12(2)23(22-21-17)14-5-7-19-8-6-14/h3-4,9,11,14,19H,5-8,10H2,1-2H3,(H,20,24)/t11-/m1/s1. The van der Waals surface area contributed by atoms with E-state index in [-0.39, 0.29) is 18.7 Å². The lowest BCUT2D eigenvalue weighted by molar-refractivity contribution is 0.0934. The topological polar surface area (TPSA) is 90.3 Å². The van der Waals surface area contributed by atoms with Crippen molar-refractivity contribution in [2.75, 3.05) is 19.9 Å². The molecule has 2 aromatic rings. The van der Waals surface area contributed by atoms with Gasteiger partial charge in [0.1, 0.15) is 0 Å². The molecule has 2 N–H and O–H groups in total. The van der Waals surface area contributed by atoms with E-state index in [9.17, 15) is 4.79 Å². The van der Waals surface area contributed by atoms with Crippen LogP contribution < -0.4 is 20.1 Å². The van der Waals surface area contributed by atoms with Crippen molar-refractivity contribution in [2.24, 2.45) is 0 Å². The van der Waals surface area contributed by atoms with E-state index in [0.29, 0.717) is 17.5 Å². The Labute approximate surface area is 151 Å². The second-order valence-corrected chi connectivity index (χ2v) is 6.76. The minimum Gasteiger partial charge on any atom is -0.454 e. The number of amides is 1. The zero-order valence-electron chi connectivity index (χ0n) is 15.0. The quantitative estimate of drug-likeness (QED) is 0.866. The van der Waals surface area contributed by atoms with E-state index in [1.54, 1.807) is 0 Å². The molecule has 3 heterocycles. The molecule has 1 fully saturated rings. The Morgan fingerprint density at radius 1 is 1.31 bits per heavy atom. The number of carbonyl (C=O) groups is 1. The molecule has 0 saturated carbocycles. The fourth-order valence-electron chi connectivity index (χ4n) is 3.48. The van der Waals surface area contributed by atoms with Crippen molar-refractivity contribution < 1.29 is 14.3 Å². The highest BCUT2D eigenvalue weighted by molar-refractivity contribution is 5.93. The van der Waals surface area contributed by atoms with Crippen LogP contribution in [0.4, 0.5) is 0 Å². The molecule has 1 aromatic carbocycles. The third-order valence-electron chi connectivity index (χ3n) is 5.04. The van der Waals surface area contributed by atoms with Gasteiger partial charge in [-0.15, -0.1) is 5.10 Å². The number of ether oxygens (including phenoxy) is 2. The Kier molecular flexibility index (Phi) is 4.50. The number of benzene rings is 1. The smallest absolute Gasteiger partial charge is 0.274 e. The summed E-state index contributed by atoms with van der Waals surface area (Å²) in [6, 6.07) is 5.80. The molecule has 0 unspecified atom stereocenters. The molecular weight excluding hydrogens is 334 g/mol. The monoisotopic (exact) mass is 357 g/mol. The summed E-state index contributed by atoms with van der Waals surface area (Å²) in [5.74, 6) is 1.22. The van der Waals surface area contributed by atoms with Gasteiger partial charge >= 0.3 is 0 Å². The van der Waals surface area contributed by atoms with Crippen LogP contribution in [-0.4, -0.2) is 40.8 Å². The first-order valence-electron chi connectivity index (χ1n) is 8.96. The van der Waals surface area contributed by atoms with Gasteiger partial charge in [-0.25, -0.2) is 4.68 Å². The van der Waals surface area contributed by atoms with Crippen molar-refractivity contribution in [1.82, 2.24) is 25.6 Å². The van der Waals surface area contributed by atoms with Crippen LogP contribution in [-0.2, 0) is 0 Å². The molecule has 2 aliphatic rings. The molecular formula is C18H23N5O3. The molecule has 1 atom stereocenters. The lowest BCUT2D eigenvalue weighted by Crippen LogP contribution is -2.31. The third kappa shape index (κ3) is 3.12. The van der Waals surface area contributed by atoms with Gasteiger partial charge in [0.25, 0.3) is 5.91 Å². The molecule has 2 aliphatic heterocycles. The Bertz CT molecular complexity index is 813. The normalized spacial score (nSPS) is 17.9. The number of carbonyl (C=O) groups excluding carboxylic acids is 1. The fourth-order valence-corrected chi connectivity index (χ4v) is 3.48. The molecule has 0 bridgehead atoms. The van der Waals surface area contributed by atoms with E-state index >= 15 is 0 Å². The number of rotatable bonds is 4. The first-order valence-corrected chi connectivity index (χ1v) is 8.96. The number of hydrogen-bond donors (Lipinski definition) is 2. The van der Waals surface area contributed by atoms with E-state index in [1.165, 1.54) is 0 Å². The molecule has 1 saturated heterocycles. The lowest BCUT2D eigenvalue weighted by atomic mass is 10.1. The van der Waals surface area contributed by atoms with Crippen LogP contribution in [0.25, 0.3) is 0 Å². The van der Waals surface area contributed by atoms with Gasteiger partial charge in [0.05, 0.1) is 17.8 Å². The van der Waals surface area contributed by atoms with Gasteiger partial charge in [-0.05, 0) is 57.5 Å². The molecule has 1 amide bonds. The summed E-state index contributed by atoms with van der Waals surface area (Å²) in [4.78, 5) is 12.7. The average Bonchev–Trinajstić information content (AvgIpc) is 3.28. The molecule has 4 rings (SSSR count). The van der Waals surface area contributed by atoms with Gasteiger partial charge in [-0.1, -0.05) is 11.3 Å². The van der Waals surface area contributed by atoms with Crippen LogP contribution in [0.15, 0.2) is 18.2 Å². The first kappa shape index (κ1) is 16.8. The van der Waals surface area contributed by atoms with Gasteiger partial charge in [-0.2, -0.15) is 0 Å². The highest BCUT2D eigenvalue weighted by Crippen LogP contribution is 2.34. The van der Waals surface area contributed by atoms with Crippen molar-refractivity contribution in [1.29, 1.82) is 0 Å². The molecule has 138 valence electrons. The van der Waals surface area contributed by atoms with Gasteiger partial charge in [-0.3, -0.25) is 4.79 Å². The van der Waals surface area contributed by atoms with Crippen LogP contribution in [0.1, 0.15) is 53.6 Å². The minimum atomic E-state index is -0.215. The molecule has 0 spiro atoms. The second kappa shape index (κ2) is 6.95. The first-order chi connectivity index (χ1) is 12.6. The Morgan fingerprint density at radius 3 is 2.88 bits per heavy atom. The van der Waals surface area contributed by atoms with Crippen molar-refractivity contribution in [3.8, 4) is 11.5 Å². The number of aromatic nitrogens is 3. The molecule has 26 heavy (non-hydrogen) atoms. The van der Waals surface area contributed by atoms with E-state index in [2.05, 4.69) is 20.9 Å². The van der Waals surface area contributed by atoms with Crippen LogP contribution in [0.3, 0.4) is 0 Å². The lowest BCUT2D eigenvalue weighted by Gasteiger charge is -2.23. The summed E-state index contributed by atoms with van der Waals surface area (Å²) < 4.78 is 12.6. The molecule has 8 nitrogen and oxygen atoms in total. The third-order valence-corrected chi connectivity index (χ3v) is 5.04. The highest BCUT2D eigenvalue weighted by atomic mass is 16.7. The number of nitrogens with zero attached hydrogens (tertiary/aromatic N) is 3. The predicted octanol–water partition coefficient (Wildman–Crippen LogP) is 1.73. The van der Waals surface area contributed by atoms with Gasteiger partial charge in [0.2, 0.25) is 6.79 Å². The zero-order chi connectivity index (χ0) is 18.1. The number of hydrogen-bond acceptors (Lipinski definition) is 6. The summed E-state index contributed by atoms with van der Waals surface area (Å²) >= 11 is 0. The molecule has 1 aromatic heterocycles. The van der Waals surface area contributed by atoms with Crippen LogP contribution in [0.2, 0.25) is 0 Å². The van der Waals surface area contributed by atoms with Crippen LogP contribution >= 0.6 is 0 Å². The average molecular weight is 357 g/mol. The Balaban J connectivity index is 1.47. The van der Waals surface area contributed by atoms with E-state index in [0.717, 1.165) is 42.9 Å². The SMILES string of the molecule is Cc1c(C(=O)N[C@H](C)c2ccc3c(c2)OCO3)nnn1C1CCNCC1. The van der Waals surface area contributed by atoms with Gasteiger partial charge < -0.3 is 20.1 Å². The molecule has 0 aliphatic carbocycles. The van der Waals surface area contributed by atoms with Crippen LogP contribution in [0.5, 0.6) is 11.5 Å². The summed E-state index contributed by atoms with van der Waals surface area (Å²) in [7, 11) is 0. The van der Waals surface area contributed by atoms with Crippen molar-refractivity contribution in [3.05, 3.63) is 35.2 Å². The summed E-state index contributed by atoms with van der Waals surface area (Å²) in [5, 5.41) is 14.7. The highest BCUT2D eigenvalue weighted by Gasteiger charge is 2.24. The summed E-state index contributed by atoms with van der Waals surface area (Å²) in [5.41, 5.74) is 2.15. The van der Waals surface area contributed by atoms with E-state index in [4.69, 9.17) is 9.47 Å². The fraction of sp³-hybridized carbons (Fsp3) is 0.500. The Morgan fingerprint density at radius 2 is 2.08 bits per heavy atom. The number of nitrogens with one attached hydrogen (secondary N) is 2. The molecule has 0 radical (unpaired) electrons. The van der Waals surface area contributed by atoms with Gasteiger partial charge in [0, 0.05) is 0 Å². The minimum absolute atomic E-state index is 0.180. The summed E-state index contributed by atoms with van der Waals surface area (Å²) in [6.45, 7) is 6.00. The molecule has 8 heteroatoms. The zero-order valence-corrected chi connectivity index (χ0v) is 15.0. The predicted molar refractivity (Wildman–Crippen MR) is 94.3 cm³/mol. The van der Waals surface area contributed by atoms with E-state index in [1.807, 2.05) is 36.7 Å². The van der Waals surface area contributed by atoms with Crippen LogP contribution in [0, 0.1) is 6.92 Å².